The average Bonchev–Trinajstić information content (AvgIpc) is 2.57. The minimum absolute atomic E-state index is 0.510. The zero-order valence-electron chi connectivity index (χ0n) is 14.3. The van der Waals surface area contributed by atoms with Gasteiger partial charge in [-0.2, -0.15) is 0 Å². The third-order valence-electron chi connectivity index (χ3n) is 5.53. The van der Waals surface area contributed by atoms with E-state index in [9.17, 15) is 0 Å². The maximum atomic E-state index is 5.92. The van der Waals surface area contributed by atoms with E-state index in [2.05, 4.69) is 25.7 Å². The van der Waals surface area contributed by atoms with Crippen molar-refractivity contribution in [2.24, 2.45) is 17.8 Å². The van der Waals surface area contributed by atoms with Gasteiger partial charge in [0, 0.05) is 6.61 Å². The number of allylic oxidation sites excluding steroid dienone is 1. The van der Waals surface area contributed by atoms with Gasteiger partial charge in [0.15, 0.2) is 0 Å². The van der Waals surface area contributed by atoms with Crippen LogP contribution in [0.3, 0.4) is 0 Å². The van der Waals surface area contributed by atoms with Gasteiger partial charge in [-0.1, -0.05) is 18.2 Å². The van der Waals surface area contributed by atoms with E-state index >= 15 is 0 Å². The van der Waals surface area contributed by atoms with Gasteiger partial charge in [-0.05, 0) is 76.0 Å². The largest absolute Gasteiger partial charge is 0.377 e. The van der Waals surface area contributed by atoms with Gasteiger partial charge in [-0.25, -0.2) is 0 Å². The van der Waals surface area contributed by atoms with Crippen molar-refractivity contribution in [1.82, 2.24) is 0 Å². The Morgan fingerprint density at radius 1 is 0.909 bits per heavy atom. The number of hydrogen-bond donors (Lipinski definition) is 0. The maximum Gasteiger partial charge on any atom is 0.0651 e. The molecule has 0 amide bonds. The summed E-state index contributed by atoms with van der Waals surface area (Å²) in [5.74, 6) is 2.71. The molecule has 0 aromatic carbocycles. The third kappa shape index (κ3) is 5.89. The normalized spacial score (nSPS) is 33.1. The van der Waals surface area contributed by atoms with Crippen LogP contribution < -0.4 is 0 Å². The summed E-state index contributed by atoms with van der Waals surface area (Å²) in [6.45, 7) is 8.20. The molecule has 0 saturated heterocycles. The summed E-state index contributed by atoms with van der Waals surface area (Å²) in [6, 6.07) is 0. The van der Waals surface area contributed by atoms with Crippen molar-refractivity contribution in [3.63, 3.8) is 0 Å². The molecule has 2 rings (SSSR count). The second-order valence-corrected chi connectivity index (χ2v) is 7.05. The highest BCUT2D eigenvalue weighted by atomic mass is 16.5. The van der Waals surface area contributed by atoms with Crippen molar-refractivity contribution in [3.05, 3.63) is 24.8 Å². The second-order valence-electron chi connectivity index (χ2n) is 7.05. The topological polar surface area (TPSA) is 18.5 Å². The van der Waals surface area contributed by atoms with Gasteiger partial charge in [-0.15, -0.1) is 6.58 Å². The highest BCUT2D eigenvalue weighted by Crippen LogP contribution is 2.40. The predicted octanol–water partition coefficient (Wildman–Crippen LogP) is 5.15. The van der Waals surface area contributed by atoms with Crippen molar-refractivity contribution in [2.75, 3.05) is 19.8 Å². The first-order valence-electron chi connectivity index (χ1n) is 9.24. The predicted molar refractivity (Wildman–Crippen MR) is 93.0 cm³/mol. The number of hydrogen-bond acceptors (Lipinski definition) is 2. The van der Waals surface area contributed by atoms with E-state index in [1.54, 1.807) is 0 Å². The van der Waals surface area contributed by atoms with Crippen molar-refractivity contribution in [1.29, 1.82) is 0 Å². The molecule has 0 atom stereocenters. The molecule has 2 aliphatic carbocycles. The smallest absolute Gasteiger partial charge is 0.0651 e. The lowest BCUT2D eigenvalue weighted by Gasteiger charge is -2.37. The van der Waals surface area contributed by atoms with Gasteiger partial charge in [0.1, 0.15) is 0 Å². The molecule has 2 heteroatoms. The molecular formula is C20H34O2. The fourth-order valence-corrected chi connectivity index (χ4v) is 4.16. The summed E-state index contributed by atoms with van der Waals surface area (Å²) in [5.41, 5.74) is 0. The Hall–Kier alpha value is -0.600. The summed E-state index contributed by atoms with van der Waals surface area (Å²) in [5, 5.41) is 0. The van der Waals surface area contributed by atoms with E-state index in [-0.39, 0.29) is 0 Å². The maximum absolute atomic E-state index is 5.92. The highest BCUT2D eigenvalue weighted by molar-refractivity contribution is 4.83. The van der Waals surface area contributed by atoms with Crippen LogP contribution in [0.5, 0.6) is 0 Å². The molecule has 0 radical (unpaired) electrons. The van der Waals surface area contributed by atoms with Crippen LogP contribution in [-0.2, 0) is 9.47 Å². The van der Waals surface area contributed by atoms with Crippen LogP contribution in [0.2, 0.25) is 0 Å². The zero-order chi connectivity index (χ0) is 15.6. The number of ether oxygens (including phenoxy) is 2. The van der Waals surface area contributed by atoms with Gasteiger partial charge in [-0.3, -0.25) is 0 Å². The minimum Gasteiger partial charge on any atom is -0.377 e. The molecule has 0 bridgehead atoms. The fourth-order valence-electron chi connectivity index (χ4n) is 4.16. The lowest BCUT2D eigenvalue weighted by molar-refractivity contribution is 0.0180. The van der Waals surface area contributed by atoms with Crippen LogP contribution in [0, 0.1) is 17.8 Å². The summed E-state index contributed by atoms with van der Waals surface area (Å²) < 4.78 is 11.5. The van der Waals surface area contributed by atoms with E-state index in [0.717, 1.165) is 31.0 Å². The molecule has 2 fully saturated rings. The Kier molecular flexibility index (Phi) is 8.25. The molecule has 0 heterocycles. The number of rotatable bonds is 8. The van der Waals surface area contributed by atoms with E-state index in [1.165, 1.54) is 51.4 Å². The summed E-state index contributed by atoms with van der Waals surface area (Å²) in [6.07, 6.45) is 17.4. The van der Waals surface area contributed by atoms with Gasteiger partial charge < -0.3 is 9.47 Å². The second kappa shape index (κ2) is 10.2. The van der Waals surface area contributed by atoms with Crippen LogP contribution in [0.25, 0.3) is 0 Å². The monoisotopic (exact) mass is 306 g/mol. The van der Waals surface area contributed by atoms with E-state index in [4.69, 9.17) is 9.47 Å². The summed E-state index contributed by atoms with van der Waals surface area (Å²) >= 11 is 0. The van der Waals surface area contributed by atoms with Crippen molar-refractivity contribution in [2.45, 2.75) is 64.4 Å². The van der Waals surface area contributed by atoms with Crippen LogP contribution in [0.1, 0.15) is 58.3 Å². The molecular weight excluding hydrogens is 272 g/mol. The zero-order valence-corrected chi connectivity index (χ0v) is 14.3. The van der Waals surface area contributed by atoms with Crippen LogP contribution in [-0.4, -0.2) is 25.9 Å². The highest BCUT2D eigenvalue weighted by Gasteiger charge is 2.30. The van der Waals surface area contributed by atoms with Crippen molar-refractivity contribution in [3.8, 4) is 0 Å². The molecule has 0 aliphatic heterocycles. The summed E-state index contributed by atoms with van der Waals surface area (Å²) in [4.78, 5) is 0. The van der Waals surface area contributed by atoms with E-state index in [1.807, 2.05) is 6.08 Å². The molecule has 0 N–H and O–H groups in total. The lowest BCUT2D eigenvalue weighted by atomic mass is 9.71. The van der Waals surface area contributed by atoms with Crippen LogP contribution in [0.4, 0.5) is 0 Å². The first kappa shape index (κ1) is 17.7. The molecule has 0 aromatic heterocycles. The van der Waals surface area contributed by atoms with Gasteiger partial charge in [0.2, 0.25) is 0 Å². The van der Waals surface area contributed by atoms with E-state index in [0.29, 0.717) is 12.7 Å². The fraction of sp³-hybridized carbons (Fsp3) is 0.800. The molecule has 0 unspecified atom stereocenters. The SMILES string of the molecule is C=CCOCC1CCC(C2CCC(OCC=CC)CC2)CC1. The summed E-state index contributed by atoms with van der Waals surface area (Å²) in [7, 11) is 0. The van der Waals surface area contributed by atoms with Gasteiger partial charge in [0.25, 0.3) is 0 Å². The molecule has 22 heavy (non-hydrogen) atoms. The molecule has 126 valence electrons. The lowest BCUT2D eigenvalue weighted by Crippen LogP contribution is -2.29. The molecule has 0 aromatic rings. The molecule has 0 spiro atoms. The minimum atomic E-state index is 0.510. The van der Waals surface area contributed by atoms with Crippen molar-refractivity contribution < 1.29 is 9.47 Å². The first-order chi connectivity index (χ1) is 10.8. The Morgan fingerprint density at radius 3 is 2.14 bits per heavy atom. The Labute approximate surface area is 137 Å². The quantitative estimate of drug-likeness (QED) is 0.456. The van der Waals surface area contributed by atoms with Gasteiger partial charge in [0.05, 0.1) is 19.3 Å². The molecule has 2 saturated carbocycles. The Morgan fingerprint density at radius 2 is 1.55 bits per heavy atom. The van der Waals surface area contributed by atoms with Gasteiger partial charge >= 0.3 is 0 Å². The molecule has 2 aliphatic rings. The van der Waals surface area contributed by atoms with Crippen LogP contribution >= 0.6 is 0 Å². The molecule has 2 nitrogen and oxygen atoms in total. The van der Waals surface area contributed by atoms with Crippen LogP contribution in [0.15, 0.2) is 24.8 Å². The Balaban J connectivity index is 1.61. The third-order valence-corrected chi connectivity index (χ3v) is 5.53. The average molecular weight is 306 g/mol. The standard InChI is InChI=1S/C20H34O2/c1-3-5-15-22-20-12-10-19(11-13-20)18-8-6-17(7-9-18)16-21-14-4-2/h3-5,17-20H,2,6-16H2,1H3. The Bertz CT molecular complexity index is 321. The van der Waals surface area contributed by atoms with Crippen molar-refractivity contribution >= 4 is 0 Å². The van der Waals surface area contributed by atoms with E-state index < -0.39 is 0 Å². The first-order valence-corrected chi connectivity index (χ1v) is 9.24.